The second-order valence-corrected chi connectivity index (χ2v) is 6.90. The summed E-state index contributed by atoms with van der Waals surface area (Å²) in [6.07, 6.45) is 0. The molecule has 1 N–H and O–H groups in total. The molecule has 2 aromatic rings. The van der Waals surface area contributed by atoms with E-state index < -0.39 is 20.6 Å². The molecule has 0 unspecified atom stereocenters. The number of nitro benzene ring substituents is 1. The molecule has 0 aliphatic heterocycles. The zero-order chi connectivity index (χ0) is 15.6. The monoisotopic (exact) mass is 390 g/mol. The van der Waals surface area contributed by atoms with E-state index in [2.05, 4.69) is 20.7 Å². The molecular formula is C12H8BrClN2O4S. The van der Waals surface area contributed by atoms with Crippen molar-refractivity contribution in [2.75, 3.05) is 4.72 Å². The van der Waals surface area contributed by atoms with Gasteiger partial charge in [-0.2, -0.15) is 0 Å². The quantitative estimate of drug-likeness (QED) is 0.634. The van der Waals surface area contributed by atoms with E-state index in [1.165, 1.54) is 18.2 Å². The highest BCUT2D eigenvalue weighted by atomic mass is 79.9. The predicted molar refractivity (Wildman–Crippen MR) is 83.1 cm³/mol. The number of rotatable bonds is 4. The van der Waals surface area contributed by atoms with Crippen molar-refractivity contribution in [3.8, 4) is 0 Å². The molecule has 0 bridgehead atoms. The van der Waals surface area contributed by atoms with E-state index in [1.54, 1.807) is 18.2 Å². The van der Waals surface area contributed by atoms with Crippen LogP contribution in [-0.4, -0.2) is 13.3 Å². The van der Waals surface area contributed by atoms with Crippen LogP contribution >= 0.6 is 27.5 Å². The standard InChI is InChI=1S/C12H8BrClN2O4S/c13-9-3-1-2-4-12(9)21(19,20)15-10-6-5-8(14)7-11(10)16(17)18/h1-7,15H. The topological polar surface area (TPSA) is 89.3 Å². The molecule has 0 fully saturated rings. The molecule has 110 valence electrons. The average Bonchev–Trinajstić information content (AvgIpc) is 2.40. The lowest BCUT2D eigenvalue weighted by Gasteiger charge is -2.10. The van der Waals surface area contributed by atoms with Crippen molar-refractivity contribution >= 4 is 48.9 Å². The number of sulfonamides is 1. The van der Waals surface area contributed by atoms with Crippen LogP contribution in [0.2, 0.25) is 5.02 Å². The van der Waals surface area contributed by atoms with Crippen LogP contribution in [0, 0.1) is 10.1 Å². The van der Waals surface area contributed by atoms with Crippen molar-refractivity contribution in [2.45, 2.75) is 4.90 Å². The molecule has 0 spiro atoms. The Balaban J connectivity index is 2.47. The molecule has 0 aliphatic carbocycles. The summed E-state index contributed by atoms with van der Waals surface area (Å²) in [6.45, 7) is 0. The summed E-state index contributed by atoms with van der Waals surface area (Å²) in [4.78, 5) is 10.2. The molecule has 0 amide bonds. The van der Waals surface area contributed by atoms with Crippen LogP contribution in [0.15, 0.2) is 51.8 Å². The van der Waals surface area contributed by atoms with E-state index >= 15 is 0 Å². The first kappa shape index (κ1) is 15.7. The molecule has 0 aliphatic rings. The number of hydrogen-bond donors (Lipinski definition) is 1. The molecule has 0 saturated carbocycles. The van der Waals surface area contributed by atoms with E-state index in [-0.39, 0.29) is 15.6 Å². The highest BCUT2D eigenvalue weighted by molar-refractivity contribution is 9.10. The minimum Gasteiger partial charge on any atom is -0.273 e. The van der Waals surface area contributed by atoms with Crippen molar-refractivity contribution in [1.29, 1.82) is 0 Å². The van der Waals surface area contributed by atoms with E-state index in [4.69, 9.17) is 11.6 Å². The summed E-state index contributed by atoms with van der Waals surface area (Å²) < 4.78 is 27.1. The summed E-state index contributed by atoms with van der Waals surface area (Å²) in [5.74, 6) is 0. The molecule has 0 saturated heterocycles. The Bertz CT molecular complexity index is 811. The van der Waals surface area contributed by atoms with Crippen molar-refractivity contribution in [3.63, 3.8) is 0 Å². The Kier molecular flexibility index (Phi) is 4.50. The summed E-state index contributed by atoms with van der Waals surface area (Å²) in [6, 6.07) is 9.85. The maximum Gasteiger partial charge on any atom is 0.294 e. The first-order chi connectivity index (χ1) is 9.81. The van der Waals surface area contributed by atoms with Gasteiger partial charge in [0.25, 0.3) is 15.7 Å². The maximum atomic E-state index is 12.3. The molecule has 21 heavy (non-hydrogen) atoms. The number of nitro groups is 1. The Hall–Kier alpha value is -1.64. The zero-order valence-corrected chi connectivity index (χ0v) is 13.4. The summed E-state index contributed by atoms with van der Waals surface area (Å²) in [5.41, 5.74) is -0.571. The molecule has 0 heterocycles. The van der Waals surface area contributed by atoms with Gasteiger partial charge in [0.2, 0.25) is 0 Å². The SMILES string of the molecule is O=[N+]([O-])c1cc(Cl)ccc1NS(=O)(=O)c1ccccc1Br. The van der Waals surface area contributed by atoms with Gasteiger partial charge in [0.1, 0.15) is 10.6 Å². The predicted octanol–water partition coefficient (Wildman–Crippen LogP) is 3.81. The van der Waals surface area contributed by atoms with E-state index in [0.29, 0.717) is 4.47 Å². The zero-order valence-electron chi connectivity index (χ0n) is 10.3. The normalized spacial score (nSPS) is 11.1. The number of nitrogens with one attached hydrogen (secondary N) is 1. The van der Waals surface area contributed by atoms with E-state index in [9.17, 15) is 18.5 Å². The van der Waals surface area contributed by atoms with Crippen molar-refractivity contribution in [2.24, 2.45) is 0 Å². The number of benzene rings is 2. The van der Waals surface area contributed by atoms with Gasteiger partial charge in [0.05, 0.1) is 4.92 Å². The number of anilines is 1. The van der Waals surface area contributed by atoms with Gasteiger partial charge in [-0.05, 0) is 40.2 Å². The van der Waals surface area contributed by atoms with Crippen molar-refractivity contribution < 1.29 is 13.3 Å². The van der Waals surface area contributed by atoms with Gasteiger partial charge in [-0.15, -0.1) is 0 Å². The minimum atomic E-state index is -3.96. The Morgan fingerprint density at radius 2 is 1.86 bits per heavy atom. The van der Waals surface area contributed by atoms with Crippen LogP contribution < -0.4 is 4.72 Å². The van der Waals surface area contributed by atoms with Gasteiger partial charge in [-0.25, -0.2) is 8.42 Å². The largest absolute Gasteiger partial charge is 0.294 e. The lowest BCUT2D eigenvalue weighted by molar-refractivity contribution is -0.383. The Morgan fingerprint density at radius 1 is 1.19 bits per heavy atom. The molecule has 6 nitrogen and oxygen atoms in total. The second kappa shape index (κ2) is 6.00. The molecule has 9 heteroatoms. The van der Waals surface area contributed by atoms with Crippen LogP contribution in [0.4, 0.5) is 11.4 Å². The summed E-state index contributed by atoms with van der Waals surface area (Å²) in [5, 5.41) is 11.1. The van der Waals surface area contributed by atoms with Gasteiger partial charge < -0.3 is 0 Å². The molecule has 2 rings (SSSR count). The van der Waals surface area contributed by atoms with Crippen molar-refractivity contribution in [3.05, 3.63) is 62.1 Å². The van der Waals surface area contributed by atoms with Crippen LogP contribution in [0.1, 0.15) is 0 Å². The van der Waals surface area contributed by atoms with E-state index in [1.807, 2.05) is 0 Å². The van der Waals surface area contributed by atoms with Crippen LogP contribution in [-0.2, 0) is 10.0 Å². The van der Waals surface area contributed by atoms with Gasteiger partial charge in [0.15, 0.2) is 0 Å². The van der Waals surface area contributed by atoms with Crippen LogP contribution in [0.25, 0.3) is 0 Å². The lowest BCUT2D eigenvalue weighted by atomic mass is 10.3. The van der Waals surface area contributed by atoms with Crippen LogP contribution in [0.5, 0.6) is 0 Å². The third-order valence-corrected chi connectivity index (χ3v) is 5.14. The first-order valence-corrected chi connectivity index (χ1v) is 8.18. The summed E-state index contributed by atoms with van der Waals surface area (Å²) >= 11 is 8.82. The molecule has 0 aromatic heterocycles. The van der Waals surface area contributed by atoms with Crippen molar-refractivity contribution in [1.82, 2.24) is 0 Å². The molecular weight excluding hydrogens is 384 g/mol. The van der Waals surface area contributed by atoms with Gasteiger partial charge in [-0.3, -0.25) is 14.8 Å². The maximum absolute atomic E-state index is 12.3. The average molecular weight is 392 g/mol. The highest BCUT2D eigenvalue weighted by Gasteiger charge is 2.22. The van der Waals surface area contributed by atoms with Gasteiger partial charge in [-0.1, -0.05) is 23.7 Å². The molecule has 2 aromatic carbocycles. The fourth-order valence-corrected chi connectivity index (χ4v) is 3.85. The lowest BCUT2D eigenvalue weighted by Crippen LogP contribution is -2.14. The Labute approximate surface area is 134 Å². The third kappa shape index (κ3) is 3.52. The Morgan fingerprint density at radius 3 is 2.48 bits per heavy atom. The third-order valence-electron chi connectivity index (χ3n) is 2.53. The summed E-state index contributed by atoms with van der Waals surface area (Å²) in [7, 11) is -3.96. The van der Waals surface area contributed by atoms with Crippen LogP contribution in [0.3, 0.4) is 0 Å². The number of halogens is 2. The van der Waals surface area contributed by atoms with E-state index in [0.717, 1.165) is 6.07 Å². The number of nitrogens with zero attached hydrogens (tertiary/aromatic N) is 1. The molecule has 0 atom stereocenters. The highest BCUT2D eigenvalue weighted by Crippen LogP contribution is 2.31. The van der Waals surface area contributed by atoms with Gasteiger partial charge in [0, 0.05) is 15.6 Å². The first-order valence-electron chi connectivity index (χ1n) is 5.52. The smallest absolute Gasteiger partial charge is 0.273 e. The molecule has 0 radical (unpaired) electrons. The van der Waals surface area contributed by atoms with Gasteiger partial charge >= 0.3 is 0 Å². The fraction of sp³-hybridized carbons (Fsp3) is 0. The fourth-order valence-electron chi connectivity index (χ4n) is 1.60. The minimum absolute atomic E-state index is 0.0192. The number of hydrogen-bond acceptors (Lipinski definition) is 4. The second-order valence-electron chi connectivity index (χ2n) is 3.95.